The fraction of sp³-hybridized carbons (Fsp3) is 0.361. The van der Waals surface area contributed by atoms with Crippen LogP contribution in [0.15, 0.2) is 69.7 Å². The third-order valence-corrected chi connectivity index (χ3v) is 12.4. The number of hydrogen-bond donors (Lipinski definition) is 1. The van der Waals surface area contributed by atoms with Crippen LogP contribution in [0.1, 0.15) is 41.7 Å². The highest BCUT2D eigenvalue weighted by molar-refractivity contribution is 7.98. The van der Waals surface area contributed by atoms with Gasteiger partial charge in [-0.2, -0.15) is 14.5 Å². The van der Waals surface area contributed by atoms with Crippen LogP contribution >= 0.6 is 23.4 Å². The minimum absolute atomic E-state index is 0.00818. The highest BCUT2D eigenvalue weighted by atomic mass is 35.5. The summed E-state index contributed by atoms with van der Waals surface area (Å²) in [5.41, 5.74) is 5.01. The molecule has 1 aliphatic carbocycles. The highest BCUT2D eigenvalue weighted by Crippen LogP contribution is 2.49. The standard InChI is InChI=1S/C36H38ClFN6O5S2/c1-20-32-30-10-9-28(37)34(32)33-21(2)41(3)40-29(33)18-43(51(5,47)48)17-24-15-25(42(4)39-24)19-50-26-14-22-13-23(38)7-8-27(22)31(16-26)49-12-6-11-44(30)35(20)36(45)46/h7-10,13-16,30,32H,6,11-12,17-19H2,1-5H3,(H,45,46). The summed E-state index contributed by atoms with van der Waals surface area (Å²) >= 11 is 8.54. The molecule has 7 rings (SSSR count). The number of carbonyl (C=O) groups is 1. The Morgan fingerprint density at radius 1 is 1.10 bits per heavy atom. The lowest BCUT2D eigenvalue weighted by atomic mass is 9.79. The molecule has 51 heavy (non-hydrogen) atoms. The smallest absolute Gasteiger partial charge is 0.352 e. The van der Waals surface area contributed by atoms with Gasteiger partial charge in [0.2, 0.25) is 10.0 Å². The second kappa shape index (κ2) is 13.5. The molecule has 11 nitrogen and oxygen atoms in total. The molecule has 0 radical (unpaired) electrons. The normalized spacial score (nSPS) is 20.4. The van der Waals surface area contributed by atoms with Gasteiger partial charge in [0, 0.05) is 64.6 Å². The number of carboxylic acids is 1. The van der Waals surface area contributed by atoms with Crippen molar-refractivity contribution in [2.24, 2.45) is 20.0 Å². The minimum Gasteiger partial charge on any atom is -0.493 e. The van der Waals surface area contributed by atoms with Gasteiger partial charge in [-0.15, -0.1) is 11.8 Å². The zero-order valence-electron chi connectivity index (χ0n) is 28.9. The van der Waals surface area contributed by atoms with Gasteiger partial charge in [0.1, 0.15) is 17.3 Å². The van der Waals surface area contributed by atoms with Crippen molar-refractivity contribution in [2.75, 3.05) is 19.4 Å². The van der Waals surface area contributed by atoms with Gasteiger partial charge in [0.05, 0.1) is 43.4 Å². The van der Waals surface area contributed by atoms with Gasteiger partial charge < -0.3 is 14.7 Å². The Labute approximate surface area is 305 Å². The second-order valence-corrected chi connectivity index (χ2v) is 16.6. The third-order valence-electron chi connectivity index (χ3n) is 9.91. The molecule has 0 amide bonds. The van der Waals surface area contributed by atoms with E-state index in [4.69, 9.17) is 21.4 Å². The quantitative estimate of drug-likeness (QED) is 0.264. The first-order valence-electron chi connectivity index (χ1n) is 16.5. The van der Waals surface area contributed by atoms with Crippen molar-refractivity contribution in [1.29, 1.82) is 0 Å². The zero-order valence-corrected chi connectivity index (χ0v) is 31.2. The SMILES string of the molecule is CC1=C(C(=O)O)N2CCCOc3cc(cc4cc(F)ccc34)SCc3cc(nn3C)CN(S(C)(=O)=O)Cc3nn(C)c(C)c3C3=C(Cl)C=CC2C13. The molecule has 2 aliphatic heterocycles. The van der Waals surface area contributed by atoms with Gasteiger partial charge in [-0.1, -0.05) is 17.7 Å². The Morgan fingerprint density at radius 2 is 1.88 bits per heavy atom. The predicted molar refractivity (Wildman–Crippen MR) is 195 cm³/mol. The van der Waals surface area contributed by atoms with E-state index in [2.05, 4.69) is 5.10 Å². The van der Waals surface area contributed by atoms with E-state index in [1.807, 2.05) is 50.1 Å². The van der Waals surface area contributed by atoms with E-state index in [1.54, 1.807) is 28.6 Å². The molecule has 2 unspecified atom stereocenters. The molecule has 0 fully saturated rings. The van der Waals surface area contributed by atoms with Crippen LogP contribution in [0.25, 0.3) is 16.3 Å². The molecule has 4 heterocycles. The fourth-order valence-corrected chi connectivity index (χ4v) is 9.42. The number of allylic oxidation sites excluding steroid dienone is 2. The van der Waals surface area contributed by atoms with Crippen molar-refractivity contribution in [3.63, 3.8) is 0 Å². The Bertz CT molecular complexity index is 2300. The van der Waals surface area contributed by atoms with E-state index in [0.717, 1.165) is 21.7 Å². The molecular formula is C36H38ClFN6O5S2. The monoisotopic (exact) mass is 752 g/mol. The average molecular weight is 753 g/mol. The van der Waals surface area contributed by atoms with Gasteiger partial charge in [-0.25, -0.2) is 17.6 Å². The molecule has 4 aromatic rings. The van der Waals surface area contributed by atoms with Crippen molar-refractivity contribution in [2.45, 2.75) is 50.0 Å². The largest absolute Gasteiger partial charge is 0.493 e. The van der Waals surface area contributed by atoms with Gasteiger partial charge in [-0.05, 0) is 79.3 Å². The first kappa shape index (κ1) is 35.3. The number of sulfonamides is 1. The summed E-state index contributed by atoms with van der Waals surface area (Å²) in [6, 6.07) is 9.98. The number of thioether (sulfide) groups is 1. The molecular weight excluding hydrogens is 715 g/mol. The van der Waals surface area contributed by atoms with Crippen molar-refractivity contribution < 1.29 is 27.4 Å². The van der Waals surface area contributed by atoms with E-state index >= 15 is 0 Å². The van der Waals surface area contributed by atoms with Crippen LogP contribution in [0.3, 0.4) is 0 Å². The number of aromatic nitrogens is 4. The zero-order chi connectivity index (χ0) is 36.4. The molecule has 0 spiro atoms. The summed E-state index contributed by atoms with van der Waals surface area (Å²) in [5.74, 6) is -0.682. The number of nitrogens with zero attached hydrogens (tertiary/aromatic N) is 6. The minimum atomic E-state index is -3.74. The van der Waals surface area contributed by atoms with Crippen molar-refractivity contribution in [3.8, 4) is 5.75 Å². The van der Waals surface area contributed by atoms with Crippen LogP contribution < -0.4 is 4.74 Å². The lowest BCUT2D eigenvalue weighted by molar-refractivity contribution is -0.134. The summed E-state index contributed by atoms with van der Waals surface area (Å²) in [6.45, 7) is 4.37. The highest BCUT2D eigenvalue weighted by Gasteiger charge is 2.45. The van der Waals surface area contributed by atoms with Crippen molar-refractivity contribution >= 4 is 55.7 Å². The van der Waals surface area contributed by atoms with Crippen LogP contribution in [-0.4, -0.2) is 73.7 Å². The summed E-state index contributed by atoms with van der Waals surface area (Å²) in [6.07, 6.45) is 5.40. The van der Waals surface area contributed by atoms with E-state index < -0.39 is 21.9 Å². The average Bonchev–Trinajstić information content (AvgIpc) is 3.65. The molecule has 3 aliphatic rings. The molecule has 268 valence electrons. The molecule has 8 bridgehead atoms. The topological polar surface area (TPSA) is 123 Å². The molecule has 15 heteroatoms. The Hall–Kier alpha value is -4.11. The molecule has 1 N–H and O–H groups in total. The van der Waals surface area contributed by atoms with Gasteiger partial charge in [0.15, 0.2) is 0 Å². The van der Waals surface area contributed by atoms with E-state index in [0.29, 0.717) is 69.6 Å². The number of aliphatic carboxylic acids is 1. The van der Waals surface area contributed by atoms with E-state index in [9.17, 15) is 22.7 Å². The van der Waals surface area contributed by atoms with Crippen LogP contribution in [0.4, 0.5) is 4.39 Å². The Kier molecular flexibility index (Phi) is 9.32. The van der Waals surface area contributed by atoms with Gasteiger partial charge in [-0.3, -0.25) is 9.36 Å². The van der Waals surface area contributed by atoms with Gasteiger partial charge in [0.25, 0.3) is 0 Å². The van der Waals surface area contributed by atoms with Crippen molar-refractivity contribution in [3.05, 3.63) is 99.0 Å². The maximum absolute atomic E-state index is 14.4. The molecule has 0 saturated heterocycles. The number of ether oxygens (including phenoxy) is 1. The number of aryl methyl sites for hydroxylation is 2. The third kappa shape index (κ3) is 6.58. The lowest BCUT2D eigenvalue weighted by Crippen LogP contribution is -2.37. The molecule has 2 aromatic heterocycles. The van der Waals surface area contributed by atoms with Crippen LogP contribution in [0.5, 0.6) is 5.75 Å². The summed E-state index contributed by atoms with van der Waals surface area (Å²) < 4.78 is 52.1. The van der Waals surface area contributed by atoms with Gasteiger partial charge >= 0.3 is 5.97 Å². The number of carboxylic acid groups (broad SMARTS) is 1. The lowest BCUT2D eigenvalue weighted by Gasteiger charge is -2.33. The second-order valence-electron chi connectivity index (χ2n) is 13.2. The number of rotatable bonds is 2. The predicted octanol–water partition coefficient (Wildman–Crippen LogP) is 5.97. The number of fused-ring (bicyclic) bond motifs is 8. The summed E-state index contributed by atoms with van der Waals surface area (Å²) in [4.78, 5) is 15.6. The fourth-order valence-electron chi connectivity index (χ4n) is 7.43. The van der Waals surface area contributed by atoms with Crippen molar-refractivity contribution in [1.82, 2.24) is 28.8 Å². The molecule has 0 saturated carbocycles. The summed E-state index contributed by atoms with van der Waals surface area (Å²) in [7, 11) is -0.127. The Balaban J connectivity index is 1.35. The van der Waals surface area contributed by atoms with Crippen LogP contribution in [0, 0.1) is 18.7 Å². The number of benzene rings is 2. The first-order valence-corrected chi connectivity index (χ1v) is 19.7. The molecule has 2 aromatic carbocycles. The van der Waals surface area contributed by atoms with E-state index in [-0.39, 0.29) is 30.6 Å². The van der Waals surface area contributed by atoms with E-state index in [1.165, 1.54) is 34.5 Å². The number of halogens is 2. The summed E-state index contributed by atoms with van der Waals surface area (Å²) in [5, 5.41) is 21.8. The number of hydrogen-bond acceptors (Lipinski definition) is 8. The van der Waals surface area contributed by atoms with Crippen LogP contribution in [0.2, 0.25) is 0 Å². The molecule has 2 atom stereocenters. The van der Waals surface area contributed by atoms with Crippen LogP contribution in [-0.2, 0) is 47.8 Å². The maximum Gasteiger partial charge on any atom is 0.352 e. The Morgan fingerprint density at radius 3 is 2.63 bits per heavy atom. The first-order chi connectivity index (χ1) is 24.2. The maximum atomic E-state index is 14.4.